The van der Waals surface area contributed by atoms with E-state index in [4.69, 9.17) is 4.74 Å². The summed E-state index contributed by atoms with van der Waals surface area (Å²) >= 11 is 0. The summed E-state index contributed by atoms with van der Waals surface area (Å²) in [5.41, 5.74) is 1.74. The normalized spacial score (nSPS) is 17.6. The predicted octanol–water partition coefficient (Wildman–Crippen LogP) is 1.46. The first-order valence-electron chi connectivity index (χ1n) is 7.25. The number of hydrogen-bond donors (Lipinski definition) is 1. The van der Waals surface area contributed by atoms with E-state index in [0.29, 0.717) is 0 Å². The van der Waals surface area contributed by atoms with Gasteiger partial charge in [0.1, 0.15) is 0 Å². The molecular formula is C15H21BN2O3. The van der Waals surface area contributed by atoms with Crippen molar-refractivity contribution in [3.8, 4) is 0 Å². The van der Waals surface area contributed by atoms with Gasteiger partial charge in [0, 0.05) is 12.3 Å². The molecule has 1 aliphatic heterocycles. The standard InChI is InChI=1S/C15H21BN2O3/c1-16(20)18-9-6-12(7-10-18)13(11-15(19)21-2)14-5-3-4-8-17-14/h3-5,8,11-12,20H,6-7,9-10H2,1-2H3/b13-11+. The second-order valence-electron chi connectivity index (χ2n) is 5.28. The Balaban J connectivity index is 2.18. The summed E-state index contributed by atoms with van der Waals surface area (Å²) in [6.45, 7) is 3.41. The molecule has 21 heavy (non-hydrogen) atoms. The average molecular weight is 288 g/mol. The van der Waals surface area contributed by atoms with Crippen LogP contribution in [0.1, 0.15) is 18.5 Å². The molecule has 0 aliphatic carbocycles. The lowest BCUT2D eigenvalue weighted by Gasteiger charge is -2.33. The summed E-state index contributed by atoms with van der Waals surface area (Å²) in [5.74, 6) is -0.0948. The van der Waals surface area contributed by atoms with E-state index < -0.39 is 7.05 Å². The van der Waals surface area contributed by atoms with Crippen LogP contribution in [0.25, 0.3) is 5.57 Å². The Kier molecular flexibility index (Phi) is 5.53. The van der Waals surface area contributed by atoms with Crippen molar-refractivity contribution in [2.24, 2.45) is 5.92 Å². The Morgan fingerprint density at radius 2 is 2.19 bits per heavy atom. The second kappa shape index (κ2) is 7.38. The molecule has 0 bridgehead atoms. The van der Waals surface area contributed by atoms with E-state index in [-0.39, 0.29) is 11.9 Å². The second-order valence-corrected chi connectivity index (χ2v) is 5.28. The molecule has 1 aromatic heterocycles. The van der Waals surface area contributed by atoms with Gasteiger partial charge in [-0.2, -0.15) is 0 Å². The molecule has 1 aromatic rings. The topological polar surface area (TPSA) is 62.7 Å². The van der Waals surface area contributed by atoms with Crippen molar-refractivity contribution >= 4 is 18.6 Å². The largest absolute Gasteiger partial charge is 0.466 e. The van der Waals surface area contributed by atoms with Crippen LogP contribution in [0.2, 0.25) is 6.82 Å². The summed E-state index contributed by atoms with van der Waals surface area (Å²) in [4.78, 5) is 18.0. The van der Waals surface area contributed by atoms with Crippen LogP contribution >= 0.6 is 0 Å². The van der Waals surface area contributed by atoms with E-state index in [1.54, 1.807) is 19.1 Å². The van der Waals surface area contributed by atoms with Gasteiger partial charge in [-0.15, -0.1) is 0 Å². The molecule has 0 radical (unpaired) electrons. The van der Waals surface area contributed by atoms with Crippen LogP contribution in [0.15, 0.2) is 30.5 Å². The molecule has 1 aliphatic rings. The molecule has 0 amide bonds. The average Bonchev–Trinajstić information content (AvgIpc) is 2.53. The number of piperidine rings is 1. The summed E-state index contributed by atoms with van der Waals surface area (Å²) in [5, 5.41) is 9.63. The zero-order chi connectivity index (χ0) is 15.2. The fourth-order valence-electron chi connectivity index (χ4n) is 2.70. The number of carbonyl (C=O) groups excluding carboxylic acids is 1. The van der Waals surface area contributed by atoms with E-state index >= 15 is 0 Å². The van der Waals surface area contributed by atoms with Gasteiger partial charge in [-0.25, -0.2) is 4.79 Å². The van der Waals surface area contributed by atoms with Gasteiger partial charge in [-0.1, -0.05) is 6.07 Å². The van der Waals surface area contributed by atoms with Crippen molar-refractivity contribution in [1.82, 2.24) is 9.79 Å². The first kappa shape index (κ1) is 15.7. The van der Waals surface area contributed by atoms with Gasteiger partial charge < -0.3 is 14.6 Å². The molecule has 0 saturated carbocycles. The molecule has 5 nitrogen and oxygen atoms in total. The summed E-state index contributed by atoms with van der Waals surface area (Å²) < 4.78 is 4.76. The zero-order valence-electron chi connectivity index (χ0n) is 12.5. The highest BCUT2D eigenvalue weighted by Crippen LogP contribution is 2.31. The maximum atomic E-state index is 11.6. The number of methoxy groups -OCH3 is 1. The van der Waals surface area contributed by atoms with Gasteiger partial charge in [-0.05, 0) is 56.4 Å². The number of ether oxygens (including phenoxy) is 1. The third kappa shape index (κ3) is 4.15. The van der Waals surface area contributed by atoms with Crippen LogP contribution in [0.4, 0.5) is 0 Å². The number of hydrogen-bond acceptors (Lipinski definition) is 5. The smallest absolute Gasteiger partial charge is 0.376 e. The van der Waals surface area contributed by atoms with E-state index in [1.807, 2.05) is 23.0 Å². The minimum absolute atomic E-state index is 0.258. The lowest BCUT2D eigenvalue weighted by molar-refractivity contribution is -0.134. The summed E-state index contributed by atoms with van der Waals surface area (Å²) in [6.07, 6.45) is 5.06. The lowest BCUT2D eigenvalue weighted by atomic mass is 9.78. The maximum absolute atomic E-state index is 11.6. The van der Waals surface area contributed by atoms with Crippen LogP contribution < -0.4 is 0 Å². The quantitative estimate of drug-likeness (QED) is 0.516. The number of carbonyl (C=O) groups is 1. The SMILES string of the molecule is COC(=O)/C=C(/c1ccccn1)C1CCN(B(C)O)CC1. The Morgan fingerprint density at radius 3 is 2.71 bits per heavy atom. The Hall–Kier alpha value is -1.66. The van der Waals surface area contributed by atoms with Crippen molar-refractivity contribution in [1.29, 1.82) is 0 Å². The molecule has 0 aromatic carbocycles. The molecule has 1 fully saturated rings. The predicted molar refractivity (Wildman–Crippen MR) is 82.4 cm³/mol. The number of allylic oxidation sites excluding steroid dienone is 1. The van der Waals surface area contributed by atoms with Crippen LogP contribution in [0.5, 0.6) is 0 Å². The van der Waals surface area contributed by atoms with Crippen molar-refractivity contribution < 1.29 is 14.6 Å². The Bertz CT molecular complexity index is 497. The molecule has 0 atom stereocenters. The van der Waals surface area contributed by atoms with Gasteiger partial charge in [0.25, 0.3) is 0 Å². The fraction of sp³-hybridized carbons (Fsp3) is 0.467. The number of aromatic nitrogens is 1. The number of nitrogens with zero attached hydrogens (tertiary/aromatic N) is 2. The van der Waals surface area contributed by atoms with Gasteiger partial charge in [0.05, 0.1) is 12.8 Å². The minimum Gasteiger partial charge on any atom is -0.466 e. The monoisotopic (exact) mass is 288 g/mol. The number of pyridine rings is 1. The van der Waals surface area contributed by atoms with E-state index in [0.717, 1.165) is 37.2 Å². The van der Waals surface area contributed by atoms with Gasteiger partial charge in [0.2, 0.25) is 0 Å². The minimum atomic E-state index is -0.422. The molecule has 0 unspecified atom stereocenters. The first-order valence-corrected chi connectivity index (χ1v) is 7.25. The fourth-order valence-corrected chi connectivity index (χ4v) is 2.70. The van der Waals surface area contributed by atoms with E-state index in [9.17, 15) is 9.82 Å². The molecule has 1 saturated heterocycles. The summed E-state index contributed by atoms with van der Waals surface area (Å²) in [7, 11) is 0.958. The van der Waals surface area contributed by atoms with Crippen molar-refractivity contribution in [3.05, 3.63) is 36.2 Å². The lowest BCUT2D eigenvalue weighted by Crippen LogP contribution is -2.43. The van der Waals surface area contributed by atoms with Crippen molar-refractivity contribution in [3.63, 3.8) is 0 Å². The third-order valence-electron chi connectivity index (χ3n) is 3.93. The van der Waals surface area contributed by atoms with E-state index in [2.05, 4.69) is 4.98 Å². The molecule has 6 heteroatoms. The van der Waals surface area contributed by atoms with E-state index in [1.165, 1.54) is 7.11 Å². The Morgan fingerprint density at radius 1 is 1.48 bits per heavy atom. The molecule has 0 spiro atoms. The highest BCUT2D eigenvalue weighted by Gasteiger charge is 2.27. The molecule has 1 N–H and O–H groups in total. The number of esters is 1. The Labute approximate surface area is 125 Å². The van der Waals surface area contributed by atoms with Gasteiger partial charge >= 0.3 is 13.0 Å². The first-order chi connectivity index (χ1) is 10.1. The molecule has 112 valence electrons. The van der Waals surface area contributed by atoms with Crippen LogP contribution in [0.3, 0.4) is 0 Å². The van der Waals surface area contributed by atoms with Crippen LogP contribution in [-0.4, -0.2) is 48.0 Å². The van der Waals surface area contributed by atoms with Crippen LogP contribution in [0, 0.1) is 5.92 Å². The molecular weight excluding hydrogens is 267 g/mol. The summed E-state index contributed by atoms with van der Waals surface area (Å²) in [6, 6.07) is 5.68. The van der Waals surface area contributed by atoms with Crippen molar-refractivity contribution in [2.75, 3.05) is 20.2 Å². The van der Waals surface area contributed by atoms with Crippen LogP contribution in [-0.2, 0) is 9.53 Å². The maximum Gasteiger partial charge on any atom is 0.376 e. The highest BCUT2D eigenvalue weighted by molar-refractivity contribution is 6.45. The zero-order valence-corrected chi connectivity index (χ0v) is 12.5. The van der Waals surface area contributed by atoms with Gasteiger partial charge in [-0.3, -0.25) is 4.98 Å². The van der Waals surface area contributed by atoms with Crippen molar-refractivity contribution in [2.45, 2.75) is 19.7 Å². The van der Waals surface area contributed by atoms with Gasteiger partial charge in [0.15, 0.2) is 0 Å². The molecule has 2 heterocycles. The third-order valence-corrected chi connectivity index (χ3v) is 3.93. The highest BCUT2D eigenvalue weighted by atomic mass is 16.5. The molecule has 2 rings (SSSR count). The number of rotatable bonds is 4.